The minimum absolute atomic E-state index is 0.0197. The molecule has 2 aliphatic rings. The van der Waals surface area contributed by atoms with Crippen molar-refractivity contribution in [3.63, 3.8) is 0 Å². The van der Waals surface area contributed by atoms with Crippen LogP contribution in [0.1, 0.15) is 71.6 Å². The average Bonchev–Trinajstić information content (AvgIpc) is 3.32. The van der Waals surface area contributed by atoms with E-state index in [9.17, 15) is 9.59 Å². The normalized spacial score (nSPS) is 26.1. The first-order valence-electron chi connectivity index (χ1n) is 11.5. The molecule has 30 heavy (non-hydrogen) atoms. The van der Waals surface area contributed by atoms with Gasteiger partial charge in [0, 0.05) is 25.4 Å². The number of hydrogen-bond acceptors (Lipinski definition) is 4. The number of nitrogens with one attached hydrogen (secondary N) is 2. The summed E-state index contributed by atoms with van der Waals surface area (Å²) >= 11 is 5.39. The Morgan fingerprint density at radius 1 is 1.13 bits per heavy atom. The molecule has 1 amide bonds. The maximum Gasteiger partial charge on any atom is 0.303 e. The van der Waals surface area contributed by atoms with Gasteiger partial charge in [-0.2, -0.15) is 0 Å². The van der Waals surface area contributed by atoms with E-state index in [1.165, 1.54) is 0 Å². The standard InChI is InChI=1S/C23H38N2O4S/c1-3-4-9-14-24-23(30)16(2)22(28)25-15-18-17(19-12-13-20(18)29-19)10-7-5-6-8-11-21(26)27/h5,7,16-20H,3-4,6,8-15H2,1-2H3,(H,24,30)(H,25,28)(H,26,27)/t16?,17-,18+,19-,20+/m1/s1. The topological polar surface area (TPSA) is 87.7 Å². The predicted molar refractivity (Wildman–Crippen MR) is 122 cm³/mol. The first-order chi connectivity index (χ1) is 14.4. The summed E-state index contributed by atoms with van der Waals surface area (Å²) in [6, 6.07) is 0. The van der Waals surface area contributed by atoms with Crippen LogP contribution in [0.2, 0.25) is 0 Å². The van der Waals surface area contributed by atoms with Gasteiger partial charge in [0.15, 0.2) is 0 Å². The van der Waals surface area contributed by atoms with Crippen molar-refractivity contribution in [1.82, 2.24) is 10.6 Å². The van der Waals surface area contributed by atoms with Crippen molar-refractivity contribution in [2.75, 3.05) is 13.1 Å². The molecule has 0 aliphatic carbocycles. The summed E-state index contributed by atoms with van der Waals surface area (Å²) < 4.78 is 6.12. The summed E-state index contributed by atoms with van der Waals surface area (Å²) in [5.74, 6) is -0.350. The summed E-state index contributed by atoms with van der Waals surface area (Å²) in [5, 5.41) is 15.0. The smallest absolute Gasteiger partial charge is 0.303 e. The molecule has 2 bridgehead atoms. The first-order valence-corrected chi connectivity index (χ1v) is 11.9. The van der Waals surface area contributed by atoms with E-state index in [1.54, 1.807) is 0 Å². The number of unbranched alkanes of at least 4 members (excludes halogenated alkanes) is 3. The third-order valence-electron chi connectivity index (χ3n) is 6.30. The molecule has 7 heteroatoms. The van der Waals surface area contributed by atoms with Crippen LogP contribution in [0, 0.1) is 17.8 Å². The summed E-state index contributed by atoms with van der Waals surface area (Å²) in [6.07, 6.45) is 12.9. The average molecular weight is 439 g/mol. The van der Waals surface area contributed by atoms with Gasteiger partial charge in [-0.1, -0.05) is 44.1 Å². The van der Waals surface area contributed by atoms with Crippen molar-refractivity contribution >= 4 is 29.1 Å². The van der Waals surface area contributed by atoms with Crippen molar-refractivity contribution in [2.45, 2.75) is 83.8 Å². The lowest BCUT2D eigenvalue weighted by atomic mass is 9.77. The number of aliphatic carboxylic acids is 1. The van der Waals surface area contributed by atoms with Crippen LogP contribution in [0.15, 0.2) is 12.2 Å². The van der Waals surface area contributed by atoms with Crippen LogP contribution in [-0.2, 0) is 14.3 Å². The van der Waals surface area contributed by atoms with Crippen LogP contribution in [0.5, 0.6) is 0 Å². The van der Waals surface area contributed by atoms with Gasteiger partial charge in [0.2, 0.25) is 5.91 Å². The van der Waals surface area contributed by atoms with Crippen LogP contribution < -0.4 is 10.6 Å². The highest BCUT2D eigenvalue weighted by Crippen LogP contribution is 2.44. The molecule has 6 nitrogen and oxygen atoms in total. The van der Waals surface area contributed by atoms with Gasteiger partial charge in [-0.25, -0.2) is 0 Å². The first kappa shape index (κ1) is 24.8. The van der Waals surface area contributed by atoms with Gasteiger partial charge in [0.1, 0.15) is 0 Å². The Bertz CT molecular complexity index is 610. The molecule has 5 atom stereocenters. The lowest BCUT2D eigenvalue weighted by molar-refractivity contribution is -0.137. The quantitative estimate of drug-likeness (QED) is 0.217. The number of carboxylic acids is 1. The number of carboxylic acid groups (broad SMARTS) is 1. The summed E-state index contributed by atoms with van der Waals surface area (Å²) in [5.41, 5.74) is 0. The highest BCUT2D eigenvalue weighted by molar-refractivity contribution is 7.80. The Morgan fingerprint density at radius 2 is 1.87 bits per heavy atom. The number of fused-ring (bicyclic) bond motifs is 2. The monoisotopic (exact) mass is 438 g/mol. The van der Waals surface area contributed by atoms with Gasteiger partial charge in [0.25, 0.3) is 0 Å². The number of rotatable bonds is 14. The lowest BCUT2D eigenvalue weighted by Gasteiger charge is -2.28. The third kappa shape index (κ3) is 7.65. The van der Waals surface area contributed by atoms with Crippen molar-refractivity contribution in [3.05, 3.63) is 12.2 Å². The lowest BCUT2D eigenvalue weighted by Crippen LogP contribution is -2.43. The number of ether oxygens (including phenoxy) is 1. The SMILES string of the molecule is CCCCCNC(=S)C(C)C(=O)NC[C@H]1[C@@H](CC=CCCCC(=O)O)[C@H]2CC[C@@H]1O2. The number of carbonyl (C=O) groups is 2. The van der Waals surface area contributed by atoms with E-state index in [0.29, 0.717) is 29.8 Å². The minimum Gasteiger partial charge on any atom is -0.481 e. The molecule has 2 saturated heterocycles. The molecule has 170 valence electrons. The van der Waals surface area contributed by atoms with E-state index in [1.807, 2.05) is 6.92 Å². The van der Waals surface area contributed by atoms with E-state index < -0.39 is 5.97 Å². The molecule has 1 unspecified atom stereocenters. The zero-order chi connectivity index (χ0) is 21.9. The minimum atomic E-state index is -0.745. The largest absolute Gasteiger partial charge is 0.481 e. The molecule has 0 aromatic carbocycles. The molecule has 0 saturated carbocycles. The molecule has 2 aliphatic heterocycles. The number of carbonyl (C=O) groups excluding carboxylic acids is 1. The molecule has 0 spiro atoms. The molecule has 2 fully saturated rings. The molecule has 3 N–H and O–H groups in total. The zero-order valence-corrected chi connectivity index (χ0v) is 19.2. The Morgan fingerprint density at radius 3 is 2.57 bits per heavy atom. The second-order valence-corrected chi connectivity index (χ2v) is 9.02. The van der Waals surface area contributed by atoms with Crippen LogP contribution in [0.3, 0.4) is 0 Å². The van der Waals surface area contributed by atoms with Gasteiger partial charge in [-0.15, -0.1) is 0 Å². The van der Waals surface area contributed by atoms with Crippen LogP contribution in [-0.4, -0.2) is 47.3 Å². The molecule has 0 aromatic rings. The number of hydrogen-bond donors (Lipinski definition) is 3. The van der Waals surface area contributed by atoms with Crippen molar-refractivity contribution in [1.29, 1.82) is 0 Å². The summed E-state index contributed by atoms with van der Waals surface area (Å²) in [6.45, 7) is 5.47. The fourth-order valence-corrected chi connectivity index (χ4v) is 4.66. The molecular weight excluding hydrogens is 400 g/mol. The Hall–Kier alpha value is -1.47. The van der Waals surface area contributed by atoms with Crippen molar-refractivity contribution in [3.8, 4) is 0 Å². The molecular formula is C23H38N2O4S. The fourth-order valence-electron chi connectivity index (χ4n) is 4.45. The van der Waals surface area contributed by atoms with Gasteiger partial charge in [-0.3, -0.25) is 9.59 Å². The maximum atomic E-state index is 12.6. The second-order valence-electron chi connectivity index (χ2n) is 8.58. The number of allylic oxidation sites excluding steroid dienone is 2. The van der Waals surface area contributed by atoms with Crippen molar-refractivity contribution in [2.24, 2.45) is 17.8 Å². The van der Waals surface area contributed by atoms with Crippen molar-refractivity contribution < 1.29 is 19.4 Å². The molecule has 0 aromatic heterocycles. The molecule has 2 heterocycles. The summed E-state index contributed by atoms with van der Waals surface area (Å²) in [7, 11) is 0. The number of amides is 1. The van der Waals surface area contributed by atoms with Crippen LogP contribution in [0.4, 0.5) is 0 Å². The van der Waals surface area contributed by atoms with E-state index in [2.05, 4.69) is 29.7 Å². The zero-order valence-electron chi connectivity index (χ0n) is 18.4. The summed E-state index contributed by atoms with van der Waals surface area (Å²) in [4.78, 5) is 23.8. The third-order valence-corrected chi connectivity index (χ3v) is 6.80. The van der Waals surface area contributed by atoms with E-state index in [-0.39, 0.29) is 30.5 Å². The predicted octanol–water partition coefficient (Wildman–Crippen LogP) is 3.84. The maximum absolute atomic E-state index is 12.6. The Kier molecular flexibility index (Phi) is 10.8. The fraction of sp³-hybridized carbons (Fsp3) is 0.783. The van der Waals surface area contributed by atoms with E-state index >= 15 is 0 Å². The van der Waals surface area contributed by atoms with Gasteiger partial charge in [0.05, 0.1) is 23.1 Å². The molecule has 0 radical (unpaired) electrons. The van der Waals surface area contributed by atoms with E-state index in [4.69, 9.17) is 22.1 Å². The highest BCUT2D eigenvalue weighted by atomic mass is 32.1. The second kappa shape index (κ2) is 13.1. The van der Waals surface area contributed by atoms with Gasteiger partial charge in [-0.05, 0) is 51.4 Å². The van der Waals surface area contributed by atoms with Crippen LogP contribution >= 0.6 is 12.2 Å². The van der Waals surface area contributed by atoms with Gasteiger partial charge >= 0.3 is 5.97 Å². The van der Waals surface area contributed by atoms with Crippen LogP contribution in [0.25, 0.3) is 0 Å². The van der Waals surface area contributed by atoms with E-state index in [0.717, 1.165) is 51.5 Å². The Balaban J connectivity index is 1.75. The number of thiocarbonyl (C=S) groups is 1. The van der Waals surface area contributed by atoms with Gasteiger partial charge < -0.3 is 20.5 Å². The molecule has 2 rings (SSSR count). The highest BCUT2D eigenvalue weighted by Gasteiger charge is 2.48. The Labute approximate surface area is 186 Å².